The van der Waals surface area contributed by atoms with Crippen LogP contribution in [-0.4, -0.2) is 64.0 Å². The van der Waals surface area contributed by atoms with Gasteiger partial charge in [-0.1, -0.05) is 11.6 Å². The summed E-state index contributed by atoms with van der Waals surface area (Å²) in [6.45, 7) is 4.57. The predicted molar refractivity (Wildman–Crippen MR) is 130 cm³/mol. The number of nitrogens with two attached hydrogens (primary N) is 1. The van der Waals surface area contributed by atoms with Gasteiger partial charge >= 0.3 is 6.01 Å². The van der Waals surface area contributed by atoms with E-state index >= 15 is 0 Å². The Labute approximate surface area is 204 Å². The molecule has 1 saturated heterocycles. The predicted octanol–water partition coefficient (Wildman–Crippen LogP) is 3.22. The van der Waals surface area contributed by atoms with Crippen molar-refractivity contribution in [2.75, 3.05) is 44.0 Å². The van der Waals surface area contributed by atoms with Crippen LogP contribution in [0.3, 0.4) is 0 Å². The van der Waals surface area contributed by atoms with Crippen LogP contribution in [0.2, 0.25) is 5.15 Å². The monoisotopic (exact) mass is 487 g/mol. The first-order valence-electron chi connectivity index (χ1n) is 11.2. The third-order valence-corrected chi connectivity index (χ3v) is 5.86. The molecule has 1 atom stereocenters. The van der Waals surface area contributed by atoms with E-state index in [2.05, 4.69) is 24.8 Å². The molecule has 0 bridgehead atoms. The number of hydrogen-bond donors (Lipinski definition) is 1. The van der Waals surface area contributed by atoms with Crippen molar-refractivity contribution in [3.63, 3.8) is 0 Å². The summed E-state index contributed by atoms with van der Waals surface area (Å²) in [7, 11) is 3.55. The molecule has 34 heavy (non-hydrogen) atoms. The summed E-state index contributed by atoms with van der Waals surface area (Å²) in [5.41, 5.74) is 7.76. The summed E-state index contributed by atoms with van der Waals surface area (Å²) >= 11 is 6.22. The number of rotatable bonds is 9. The molecule has 11 heteroatoms. The minimum Gasteiger partial charge on any atom is -0.489 e. The summed E-state index contributed by atoms with van der Waals surface area (Å²) in [4.78, 5) is 19.5. The molecule has 1 fully saturated rings. The lowest BCUT2D eigenvalue weighted by Gasteiger charge is -2.32. The molecule has 0 amide bonds. The summed E-state index contributed by atoms with van der Waals surface area (Å²) in [6.07, 6.45) is 7.12. The number of nitrogen functional groups attached to an aromatic ring is 1. The minimum atomic E-state index is -0.169. The number of nitrogens with zero attached hydrogens (tertiary/aromatic N) is 6. The number of aryl methyl sites for hydroxylation is 1. The Hall–Kier alpha value is -3.11. The molecule has 0 radical (unpaired) electrons. The molecule has 3 aromatic rings. The third-order valence-electron chi connectivity index (χ3n) is 5.66. The van der Waals surface area contributed by atoms with Gasteiger partial charge < -0.3 is 29.4 Å². The van der Waals surface area contributed by atoms with E-state index in [0.717, 1.165) is 43.0 Å². The Bertz CT molecular complexity index is 1100. The third kappa shape index (κ3) is 6.06. The van der Waals surface area contributed by atoms with Crippen molar-refractivity contribution in [2.24, 2.45) is 13.0 Å². The van der Waals surface area contributed by atoms with E-state index in [1.54, 1.807) is 25.7 Å². The minimum absolute atomic E-state index is 0.169. The van der Waals surface area contributed by atoms with Gasteiger partial charge in [-0.3, -0.25) is 0 Å². The van der Waals surface area contributed by atoms with E-state index in [1.165, 1.54) is 0 Å². The summed E-state index contributed by atoms with van der Waals surface area (Å²) < 4.78 is 18.8. The van der Waals surface area contributed by atoms with Crippen LogP contribution >= 0.6 is 11.6 Å². The fraction of sp³-hybridized carbons (Fsp3) is 0.478. The zero-order valence-corrected chi connectivity index (χ0v) is 20.4. The molecule has 0 spiro atoms. The Balaban J connectivity index is 1.33. The Morgan fingerprint density at radius 3 is 2.71 bits per heavy atom. The average Bonchev–Trinajstić information content (AvgIpc) is 3.25. The van der Waals surface area contributed by atoms with Crippen molar-refractivity contribution in [1.29, 1.82) is 0 Å². The maximum absolute atomic E-state index is 6.22. The Morgan fingerprint density at radius 2 is 2.00 bits per heavy atom. The first kappa shape index (κ1) is 24.0. The largest absolute Gasteiger partial charge is 0.489 e. The second-order valence-electron chi connectivity index (χ2n) is 8.49. The molecule has 4 rings (SSSR count). The number of pyridine rings is 1. The van der Waals surface area contributed by atoms with Crippen molar-refractivity contribution in [1.82, 2.24) is 24.5 Å². The highest BCUT2D eigenvalue weighted by Crippen LogP contribution is 2.29. The summed E-state index contributed by atoms with van der Waals surface area (Å²) in [5.74, 6) is 2.11. The number of hydrogen-bond acceptors (Lipinski definition) is 9. The SMILES string of the molecule is COC[C@@H](C)Oc1nc(Cl)cc(N2CCC(COc3cc(-c4cn(C)cn4)cnc3N)CC2)n1. The maximum Gasteiger partial charge on any atom is 0.320 e. The normalized spacial score (nSPS) is 15.4. The van der Waals surface area contributed by atoms with Crippen LogP contribution in [0.1, 0.15) is 19.8 Å². The fourth-order valence-electron chi connectivity index (χ4n) is 3.86. The van der Waals surface area contributed by atoms with Gasteiger partial charge in [-0.05, 0) is 31.7 Å². The zero-order chi connectivity index (χ0) is 24.1. The van der Waals surface area contributed by atoms with Crippen molar-refractivity contribution in [3.8, 4) is 23.0 Å². The van der Waals surface area contributed by atoms with E-state index in [4.69, 9.17) is 31.5 Å². The van der Waals surface area contributed by atoms with Gasteiger partial charge in [-0.25, -0.2) is 9.97 Å². The second-order valence-corrected chi connectivity index (χ2v) is 8.88. The van der Waals surface area contributed by atoms with Crippen LogP contribution in [0.15, 0.2) is 30.9 Å². The van der Waals surface area contributed by atoms with Crippen LogP contribution < -0.4 is 20.1 Å². The molecule has 1 aliphatic heterocycles. The standard InChI is InChI=1S/C23H30ClN7O3/c1-15(12-32-3)34-23-28-20(24)9-21(29-23)31-6-4-16(5-7-31)13-33-19-8-17(10-26-22(19)25)18-11-30(2)14-27-18/h8-11,14-16H,4-7,12-13H2,1-3H3,(H2,25,26)/t15-/m1/s1. The van der Waals surface area contributed by atoms with Crippen LogP contribution in [0, 0.1) is 5.92 Å². The van der Waals surface area contributed by atoms with Gasteiger partial charge in [-0.15, -0.1) is 0 Å². The van der Waals surface area contributed by atoms with Gasteiger partial charge in [0.2, 0.25) is 0 Å². The quantitative estimate of drug-likeness (QED) is 0.454. The highest BCUT2D eigenvalue weighted by Gasteiger charge is 2.23. The molecule has 2 N–H and O–H groups in total. The Morgan fingerprint density at radius 1 is 1.21 bits per heavy atom. The van der Waals surface area contributed by atoms with Crippen molar-refractivity contribution >= 4 is 23.2 Å². The van der Waals surface area contributed by atoms with E-state index in [0.29, 0.717) is 35.9 Å². The molecule has 182 valence electrons. The number of anilines is 2. The van der Waals surface area contributed by atoms with Crippen LogP contribution in [-0.2, 0) is 11.8 Å². The van der Waals surface area contributed by atoms with Crippen LogP contribution in [0.4, 0.5) is 11.6 Å². The van der Waals surface area contributed by atoms with Crippen molar-refractivity contribution in [3.05, 3.63) is 36.0 Å². The molecule has 0 aromatic carbocycles. The van der Waals surface area contributed by atoms with Gasteiger partial charge in [0, 0.05) is 51.3 Å². The lowest BCUT2D eigenvalue weighted by molar-refractivity contribution is 0.0856. The molecule has 0 unspecified atom stereocenters. The molecule has 3 aromatic heterocycles. The number of imidazole rings is 1. The first-order valence-corrected chi connectivity index (χ1v) is 11.6. The summed E-state index contributed by atoms with van der Waals surface area (Å²) in [6, 6.07) is 3.92. The lowest BCUT2D eigenvalue weighted by Crippen LogP contribution is -2.36. The van der Waals surface area contributed by atoms with Gasteiger partial charge in [0.15, 0.2) is 11.6 Å². The number of methoxy groups -OCH3 is 1. The van der Waals surface area contributed by atoms with E-state index in [9.17, 15) is 0 Å². The van der Waals surface area contributed by atoms with E-state index < -0.39 is 0 Å². The van der Waals surface area contributed by atoms with Crippen LogP contribution in [0.25, 0.3) is 11.3 Å². The van der Waals surface area contributed by atoms with E-state index in [-0.39, 0.29) is 12.1 Å². The molecule has 0 saturated carbocycles. The number of halogens is 1. The van der Waals surface area contributed by atoms with E-state index in [1.807, 2.05) is 30.8 Å². The molecule has 4 heterocycles. The number of ether oxygens (including phenoxy) is 3. The van der Waals surface area contributed by atoms with Crippen molar-refractivity contribution in [2.45, 2.75) is 25.9 Å². The highest BCUT2D eigenvalue weighted by atomic mass is 35.5. The topological polar surface area (TPSA) is 113 Å². The first-order chi connectivity index (χ1) is 16.4. The molecule has 1 aliphatic rings. The Kier molecular flexibility index (Phi) is 7.69. The van der Waals surface area contributed by atoms with Gasteiger partial charge in [-0.2, -0.15) is 9.97 Å². The molecule has 0 aliphatic carbocycles. The summed E-state index contributed by atoms with van der Waals surface area (Å²) in [5, 5.41) is 0.353. The molecular formula is C23H30ClN7O3. The van der Waals surface area contributed by atoms with Gasteiger partial charge in [0.05, 0.1) is 25.2 Å². The van der Waals surface area contributed by atoms with Crippen molar-refractivity contribution < 1.29 is 14.2 Å². The smallest absolute Gasteiger partial charge is 0.320 e. The molecular weight excluding hydrogens is 458 g/mol. The fourth-order valence-corrected chi connectivity index (χ4v) is 4.03. The van der Waals surface area contributed by atoms with Crippen LogP contribution in [0.5, 0.6) is 11.8 Å². The number of piperidine rings is 1. The second kappa shape index (κ2) is 10.9. The highest BCUT2D eigenvalue weighted by molar-refractivity contribution is 6.29. The zero-order valence-electron chi connectivity index (χ0n) is 19.6. The average molecular weight is 488 g/mol. The maximum atomic E-state index is 6.22. The lowest BCUT2D eigenvalue weighted by atomic mass is 9.98. The molecule has 10 nitrogen and oxygen atoms in total. The van der Waals surface area contributed by atoms with Gasteiger partial charge in [0.25, 0.3) is 0 Å². The van der Waals surface area contributed by atoms with Gasteiger partial charge in [0.1, 0.15) is 17.1 Å². The number of aromatic nitrogens is 5.